The first-order valence-electron chi connectivity index (χ1n) is 8.16. The van der Waals surface area contributed by atoms with Gasteiger partial charge < -0.3 is 9.47 Å². The summed E-state index contributed by atoms with van der Waals surface area (Å²) >= 11 is 5.89. The van der Waals surface area contributed by atoms with Crippen LogP contribution in [0.3, 0.4) is 0 Å². The van der Waals surface area contributed by atoms with E-state index in [-0.39, 0.29) is 29.7 Å². The lowest BCUT2D eigenvalue weighted by Crippen LogP contribution is -2.36. The molecule has 0 amide bonds. The van der Waals surface area contributed by atoms with Crippen LogP contribution >= 0.6 is 11.6 Å². The monoisotopic (exact) mass is 348 g/mol. The normalized spacial score (nSPS) is 34.1. The van der Waals surface area contributed by atoms with Gasteiger partial charge in [0.2, 0.25) is 5.78 Å². The molecular weight excluding hydrogens is 332 g/mol. The lowest BCUT2D eigenvalue weighted by molar-refractivity contribution is -0.157. The van der Waals surface area contributed by atoms with E-state index in [1.165, 1.54) is 0 Å². The number of halogens is 1. The molecule has 0 spiro atoms. The van der Waals surface area contributed by atoms with E-state index < -0.39 is 23.9 Å². The molecule has 0 aromatic heterocycles. The van der Waals surface area contributed by atoms with Gasteiger partial charge in [-0.05, 0) is 37.8 Å². The number of fused-ring (bicyclic) bond motifs is 1. The van der Waals surface area contributed by atoms with Crippen LogP contribution < -0.4 is 0 Å². The SMILES string of the molecule is C[C@H](OC(=O)[C@@H]1[C@@H]2C[C@@H]3[C@H]1C(=O)O[C@@H]3C2)C(=O)c1cccc(Cl)c1. The van der Waals surface area contributed by atoms with Crippen molar-refractivity contribution in [2.45, 2.75) is 32.0 Å². The van der Waals surface area contributed by atoms with E-state index >= 15 is 0 Å². The van der Waals surface area contributed by atoms with E-state index in [2.05, 4.69) is 0 Å². The predicted molar refractivity (Wildman–Crippen MR) is 84.4 cm³/mol. The number of ether oxygens (including phenoxy) is 2. The predicted octanol–water partition coefficient (Wildman–Crippen LogP) is 2.65. The molecule has 2 bridgehead atoms. The van der Waals surface area contributed by atoms with Crippen molar-refractivity contribution in [3.63, 3.8) is 0 Å². The Kier molecular flexibility index (Phi) is 3.64. The van der Waals surface area contributed by atoms with E-state index in [9.17, 15) is 14.4 Å². The summed E-state index contributed by atoms with van der Waals surface area (Å²) < 4.78 is 10.7. The smallest absolute Gasteiger partial charge is 0.310 e. The zero-order valence-electron chi connectivity index (χ0n) is 13.1. The molecule has 0 unspecified atom stereocenters. The third-order valence-electron chi connectivity index (χ3n) is 5.53. The number of carbonyl (C=O) groups is 3. The molecule has 3 aliphatic rings. The minimum atomic E-state index is -0.914. The molecule has 1 saturated heterocycles. The number of hydrogen-bond donors (Lipinski definition) is 0. The first-order valence-corrected chi connectivity index (χ1v) is 8.54. The molecular formula is C18H17ClO5. The minimum Gasteiger partial charge on any atom is -0.462 e. The van der Waals surface area contributed by atoms with Gasteiger partial charge in [-0.2, -0.15) is 0 Å². The highest BCUT2D eigenvalue weighted by Crippen LogP contribution is 2.58. The lowest BCUT2D eigenvalue weighted by atomic mass is 9.80. The Labute approximate surface area is 144 Å². The highest BCUT2D eigenvalue weighted by atomic mass is 35.5. The molecule has 6 atom stereocenters. The molecule has 5 nitrogen and oxygen atoms in total. The summed E-state index contributed by atoms with van der Waals surface area (Å²) in [5.74, 6) is -1.67. The van der Waals surface area contributed by atoms with Gasteiger partial charge in [-0.15, -0.1) is 0 Å². The molecule has 24 heavy (non-hydrogen) atoms. The van der Waals surface area contributed by atoms with E-state index in [0.29, 0.717) is 10.6 Å². The Bertz CT molecular complexity index is 728. The second kappa shape index (κ2) is 5.59. The summed E-state index contributed by atoms with van der Waals surface area (Å²) in [6.07, 6.45) is 0.617. The summed E-state index contributed by atoms with van der Waals surface area (Å²) in [6.45, 7) is 1.55. The zero-order chi connectivity index (χ0) is 17.0. The molecule has 1 aromatic rings. The Morgan fingerprint density at radius 3 is 2.88 bits per heavy atom. The summed E-state index contributed by atoms with van der Waals surface area (Å²) in [7, 11) is 0. The molecule has 3 fully saturated rings. The van der Waals surface area contributed by atoms with E-state index in [4.69, 9.17) is 21.1 Å². The Morgan fingerprint density at radius 2 is 2.12 bits per heavy atom. The van der Waals surface area contributed by atoms with Gasteiger partial charge in [-0.3, -0.25) is 14.4 Å². The summed E-state index contributed by atoms with van der Waals surface area (Å²) in [4.78, 5) is 37.0. The number of esters is 2. The number of benzene rings is 1. The van der Waals surface area contributed by atoms with Crippen LogP contribution in [-0.2, 0) is 19.1 Å². The van der Waals surface area contributed by atoms with Gasteiger partial charge in [0, 0.05) is 16.5 Å². The van der Waals surface area contributed by atoms with Crippen molar-refractivity contribution in [2.24, 2.45) is 23.7 Å². The topological polar surface area (TPSA) is 69.7 Å². The van der Waals surface area contributed by atoms with Gasteiger partial charge in [-0.25, -0.2) is 0 Å². The molecule has 4 rings (SSSR count). The van der Waals surface area contributed by atoms with E-state index in [0.717, 1.165) is 12.8 Å². The molecule has 6 heteroatoms. The van der Waals surface area contributed by atoms with Crippen LogP contribution in [0.2, 0.25) is 5.02 Å². The van der Waals surface area contributed by atoms with Crippen molar-refractivity contribution in [3.8, 4) is 0 Å². The number of carbonyl (C=O) groups excluding carboxylic acids is 3. The van der Waals surface area contributed by atoms with Gasteiger partial charge in [0.1, 0.15) is 6.10 Å². The third kappa shape index (κ3) is 2.34. The standard InChI is InChI=1S/C18H17ClO5/c1-8(16(20)9-3-2-4-11(19)5-9)23-17(21)14-10-6-12-13(7-10)24-18(22)15(12)14/h2-5,8,10,12-15H,6-7H2,1H3/t8-,10+,12-,13+,14+,15+/m0/s1. The second-order valence-electron chi connectivity index (χ2n) is 6.88. The van der Waals surface area contributed by atoms with Gasteiger partial charge in [-0.1, -0.05) is 23.7 Å². The van der Waals surface area contributed by atoms with Gasteiger partial charge in [0.05, 0.1) is 11.8 Å². The Hall–Kier alpha value is -1.88. The minimum absolute atomic E-state index is 0.0259. The average molecular weight is 349 g/mol. The first kappa shape index (κ1) is 15.6. The summed E-state index contributed by atoms with van der Waals surface area (Å²) in [5, 5.41) is 0.451. The molecule has 2 saturated carbocycles. The van der Waals surface area contributed by atoms with E-state index in [1.54, 1.807) is 31.2 Å². The van der Waals surface area contributed by atoms with Gasteiger partial charge in [0.25, 0.3) is 0 Å². The van der Waals surface area contributed by atoms with Crippen LogP contribution in [0.25, 0.3) is 0 Å². The van der Waals surface area contributed by atoms with Crippen molar-refractivity contribution >= 4 is 29.3 Å². The fourth-order valence-corrected chi connectivity index (χ4v) is 4.70. The molecule has 126 valence electrons. The van der Waals surface area contributed by atoms with Crippen molar-refractivity contribution < 1.29 is 23.9 Å². The lowest BCUT2D eigenvalue weighted by Gasteiger charge is -2.24. The van der Waals surface area contributed by atoms with Crippen LogP contribution in [0.15, 0.2) is 24.3 Å². The Morgan fingerprint density at radius 1 is 1.33 bits per heavy atom. The van der Waals surface area contributed by atoms with Crippen LogP contribution in [0.1, 0.15) is 30.1 Å². The quantitative estimate of drug-likeness (QED) is 0.618. The Balaban J connectivity index is 1.46. The van der Waals surface area contributed by atoms with Crippen molar-refractivity contribution in [3.05, 3.63) is 34.9 Å². The maximum atomic E-state index is 12.6. The number of Topliss-reactive ketones (excluding diaryl/α,β-unsaturated/α-hetero) is 1. The van der Waals surface area contributed by atoms with Crippen LogP contribution in [0, 0.1) is 23.7 Å². The number of ketones is 1. The molecule has 1 aliphatic heterocycles. The second-order valence-corrected chi connectivity index (χ2v) is 7.31. The summed E-state index contributed by atoms with van der Waals surface area (Å²) in [5.41, 5.74) is 0.399. The number of hydrogen-bond acceptors (Lipinski definition) is 5. The average Bonchev–Trinajstić information content (AvgIpc) is 3.15. The highest BCUT2D eigenvalue weighted by Gasteiger charge is 2.64. The molecule has 0 radical (unpaired) electrons. The molecule has 1 heterocycles. The molecule has 2 aliphatic carbocycles. The maximum Gasteiger partial charge on any atom is 0.310 e. The van der Waals surface area contributed by atoms with Crippen molar-refractivity contribution in [2.75, 3.05) is 0 Å². The zero-order valence-corrected chi connectivity index (χ0v) is 13.9. The number of rotatable bonds is 4. The highest BCUT2D eigenvalue weighted by molar-refractivity contribution is 6.31. The molecule has 0 N–H and O–H groups in total. The third-order valence-corrected chi connectivity index (χ3v) is 5.76. The van der Waals surface area contributed by atoms with Gasteiger partial charge >= 0.3 is 11.9 Å². The van der Waals surface area contributed by atoms with E-state index in [1.807, 2.05) is 0 Å². The van der Waals surface area contributed by atoms with Crippen LogP contribution in [-0.4, -0.2) is 29.9 Å². The fourth-order valence-electron chi connectivity index (χ4n) is 4.51. The molecule has 1 aromatic carbocycles. The summed E-state index contributed by atoms with van der Waals surface area (Å²) in [6, 6.07) is 6.53. The maximum absolute atomic E-state index is 12.6. The van der Waals surface area contributed by atoms with Gasteiger partial charge in [0.15, 0.2) is 6.10 Å². The van der Waals surface area contributed by atoms with Crippen LogP contribution in [0.4, 0.5) is 0 Å². The van der Waals surface area contributed by atoms with Crippen LogP contribution in [0.5, 0.6) is 0 Å². The van der Waals surface area contributed by atoms with Crippen molar-refractivity contribution in [1.29, 1.82) is 0 Å². The first-order chi connectivity index (χ1) is 11.5. The fraction of sp³-hybridized carbons (Fsp3) is 0.500. The van der Waals surface area contributed by atoms with Crippen molar-refractivity contribution in [1.82, 2.24) is 0 Å². The largest absolute Gasteiger partial charge is 0.462 e.